The molecule has 1 fully saturated rings. The molecule has 1 amide bonds. The fourth-order valence-electron chi connectivity index (χ4n) is 2.64. The van der Waals surface area contributed by atoms with Crippen molar-refractivity contribution in [2.75, 3.05) is 0 Å². The van der Waals surface area contributed by atoms with Crippen molar-refractivity contribution in [1.82, 2.24) is 9.61 Å². The Hall–Kier alpha value is -1.88. The summed E-state index contributed by atoms with van der Waals surface area (Å²) in [5.41, 5.74) is 8.75. The predicted octanol–water partition coefficient (Wildman–Crippen LogP) is 1.76. The van der Waals surface area contributed by atoms with Gasteiger partial charge in [-0.15, -0.1) is 0 Å². The van der Waals surface area contributed by atoms with Crippen molar-refractivity contribution in [3.8, 4) is 0 Å². The molecule has 2 aromatic rings. The van der Waals surface area contributed by atoms with Gasteiger partial charge in [-0.3, -0.25) is 4.79 Å². The van der Waals surface area contributed by atoms with Crippen LogP contribution in [-0.2, 0) is 17.8 Å². The second-order valence-corrected chi connectivity index (χ2v) is 6.61. The molecule has 0 saturated heterocycles. The molecule has 5 heteroatoms. The summed E-state index contributed by atoms with van der Waals surface area (Å²) in [6, 6.07) is 6.15. The van der Waals surface area contributed by atoms with Gasteiger partial charge in [0.2, 0.25) is 5.91 Å². The minimum absolute atomic E-state index is 0.0842. The van der Waals surface area contributed by atoms with Gasteiger partial charge in [0.1, 0.15) is 0 Å². The minimum Gasteiger partial charge on any atom is -0.390 e. The third kappa shape index (κ3) is 2.65. The largest absolute Gasteiger partial charge is 0.390 e. The van der Waals surface area contributed by atoms with Crippen LogP contribution in [0.4, 0.5) is 0 Å². The van der Waals surface area contributed by atoms with Gasteiger partial charge >= 0.3 is 0 Å². The number of nitrogens with two attached hydrogens (primary N) is 1. The first-order valence-corrected chi connectivity index (χ1v) is 7.33. The summed E-state index contributed by atoms with van der Waals surface area (Å²) >= 11 is 0. The van der Waals surface area contributed by atoms with Gasteiger partial charge in [-0.2, -0.15) is 5.10 Å². The van der Waals surface area contributed by atoms with E-state index in [4.69, 9.17) is 5.73 Å². The van der Waals surface area contributed by atoms with Crippen molar-refractivity contribution in [2.24, 2.45) is 11.1 Å². The summed E-state index contributed by atoms with van der Waals surface area (Å²) < 4.78 is 1.82. The van der Waals surface area contributed by atoms with Crippen LogP contribution in [0.3, 0.4) is 0 Å². The summed E-state index contributed by atoms with van der Waals surface area (Å²) in [7, 11) is 0. The number of aromatic nitrogens is 2. The number of rotatable bonds is 5. The number of aliphatic hydroxyl groups excluding tert-OH is 1. The smallest absolute Gasteiger partial charge is 0.223 e. The zero-order valence-electron chi connectivity index (χ0n) is 12.5. The number of hydrogen-bond acceptors (Lipinski definition) is 3. The number of aliphatic hydroxyl groups is 1. The Balaban J connectivity index is 2.09. The number of carbonyl (C=O) groups is 1. The molecule has 0 unspecified atom stereocenters. The Kier molecular flexibility index (Phi) is 3.24. The molecule has 3 N–H and O–H groups in total. The monoisotopic (exact) mass is 287 g/mol. The van der Waals surface area contributed by atoms with Crippen LogP contribution in [0.1, 0.15) is 49.6 Å². The first-order chi connectivity index (χ1) is 9.90. The van der Waals surface area contributed by atoms with E-state index < -0.39 is 5.41 Å². The van der Waals surface area contributed by atoms with Gasteiger partial charge in [-0.05, 0) is 42.5 Å². The van der Waals surface area contributed by atoms with Gasteiger partial charge in [-0.25, -0.2) is 4.52 Å². The van der Waals surface area contributed by atoms with E-state index in [9.17, 15) is 9.90 Å². The maximum absolute atomic E-state index is 11.6. The third-order valence-corrected chi connectivity index (χ3v) is 4.21. The molecule has 21 heavy (non-hydrogen) atoms. The van der Waals surface area contributed by atoms with E-state index in [1.54, 1.807) is 0 Å². The summed E-state index contributed by atoms with van der Waals surface area (Å²) in [4.78, 5) is 11.6. The quantitative estimate of drug-likeness (QED) is 0.879. The lowest BCUT2D eigenvalue weighted by molar-refractivity contribution is -0.125. The molecule has 2 heterocycles. The van der Waals surface area contributed by atoms with Crippen molar-refractivity contribution in [1.29, 1.82) is 0 Å². The fraction of sp³-hybridized carbons (Fsp3) is 0.500. The molecule has 0 atom stereocenters. The second-order valence-electron chi connectivity index (χ2n) is 6.61. The summed E-state index contributed by atoms with van der Waals surface area (Å²) in [6.07, 6.45) is 2.97. The van der Waals surface area contributed by atoms with Crippen LogP contribution in [0.25, 0.3) is 5.52 Å². The number of amides is 1. The standard InChI is InChI=1S/C16H21N3O2/c1-16(2,15(17)21)8-14-6-11(10-3-4-10)5-13-7-12(9-20)18-19(13)14/h5-7,10,20H,3-4,8-9H2,1-2H3,(H2,17,21). The molecular weight excluding hydrogens is 266 g/mol. The van der Waals surface area contributed by atoms with E-state index in [2.05, 4.69) is 17.2 Å². The van der Waals surface area contributed by atoms with Crippen molar-refractivity contribution < 1.29 is 9.90 Å². The second kappa shape index (κ2) is 4.84. The maximum atomic E-state index is 11.6. The van der Waals surface area contributed by atoms with Crippen molar-refractivity contribution >= 4 is 11.4 Å². The lowest BCUT2D eigenvalue weighted by atomic mass is 9.86. The lowest BCUT2D eigenvalue weighted by Crippen LogP contribution is -2.34. The molecule has 0 aliphatic heterocycles. The number of fused-ring (bicyclic) bond motifs is 1. The Bertz CT molecular complexity index is 699. The van der Waals surface area contributed by atoms with Gasteiger partial charge in [0.05, 0.1) is 17.8 Å². The average molecular weight is 287 g/mol. The maximum Gasteiger partial charge on any atom is 0.223 e. The molecule has 112 valence electrons. The first kappa shape index (κ1) is 14.1. The molecule has 0 spiro atoms. The average Bonchev–Trinajstić information content (AvgIpc) is 3.17. The molecule has 1 aliphatic rings. The van der Waals surface area contributed by atoms with E-state index in [-0.39, 0.29) is 12.5 Å². The lowest BCUT2D eigenvalue weighted by Gasteiger charge is -2.21. The molecule has 1 saturated carbocycles. The van der Waals surface area contributed by atoms with Crippen LogP contribution in [0.5, 0.6) is 0 Å². The van der Waals surface area contributed by atoms with Crippen LogP contribution in [0.2, 0.25) is 0 Å². The number of hydrogen-bond donors (Lipinski definition) is 2. The molecular formula is C16H21N3O2. The van der Waals surface area contributed by atoms with E-state index in [1.807, 2.05) is 24.4 Å². The highest BCUT2D eigenvalue weighted by molar-refractivity contribution is 5.80. The van der Waals surface area contributed by atoms with Gasteiger partial charge in [0.15, 0.2) is 0 Å². The number of carbonyl (C=O) groups excluding carboxylic acids is 1. The zero-order chi connectivity index (χ0) is 15.2. The fourth-order valence-corrected chi connectivity index (χ4v) is 2.64. The van der Waals surface area contributed by atoms with E-state index >= 15 is 0 Å². The Labute approximate surface area is 123 Å². The van der Waals surface area contributed by atoms with Crippen molar-refractivity contribution in [2.45, 2.75) is 45.6 Å². The number of nitrogens with zero attached hydrogens (tertiary/aromatic N) is 2. The summed E-state index contributed by atoms with van der Waals surface area (Å²) in [5, 5.41) is 13.7. The predicted molar refractivity (Wildman–Crippen MR) is 79.8 cm³/mol. The van der Waals surface area contributed by atoms with E-state index in [1.165, 1.54) is 18.4 Å². The van der Waals surface area contributed by atoms with E-state index in [0.29, 0.717) is 18.0 Å². The SMILES string of the molecule is CC(C)(Cc1cc(C2CC2)cc2cc(CO)nn12)C(N)=O. The number of pyridine rings is 1. The van der Waals surface area contributed by atoms with Gasteiger partial charge < -0.3 is 10.8 Å². The molecule has 2 aromatic heterocycles. The molecule has 3 rings (SSSR count). The van der Waals surface area contributed by atoms with Crippen LogP contribution in [0.15, 0.2) is 18.2 Å². The van der Waals surface area contributed by atoms with Crippen LogP contribution >= 0.6 is 0 Å². The Morgan fingerprint density at radius 1 is 1.43 bits per heavy atom. The number of primary amides is 1. The topological polar surface area (TPSA) is 80.6 Å². The normalized spacial score (nSPS) is 15.6. The zero-order valence-corrected chi connectivity index (χ0v) is 12.5. The van der Waals surface area contributed by atoms with Crippen LogP contribution < -0.4 is 5.73 Å². The van der Waals surface area contributed by atoms with Crippen LogP contribution in [-0.4, -0.2) is 20.6 Å². The minimum atomic E-state index is -0.625. The summed E-state index contributed by atoms with van der Waals surface area (Å²) in [5.74, 6) is 0.305. The summed E-state index contributed by atoms with van der Waals surface area (Å²) in [6.45, 7) is 3.61. The molecule has 0 radical (unpaired) electrons. The Morgan fingerprint density at radius 3 is 2.71 bits per heavy atom. The molecule has 0 bridgehead atoms. The molecule has 1 aliphatic carbocycles. The van der Waals surface area contributed by atoms with Crippen molar-refractivity contribution in [3.63, 3.8) is 0 Å². The Morgan fingerprint density at radius 2 is 2.14 bits per heavy atom. The van der Waals surface area contributed by atoms with Crippen LogP contribution in [0, 0.1) is 5.41 Å². The van der Waals surface area contributed by atoms with Gasteiger partial charge in [0, 0.05) is 17.5 Å². The van der Waals surface area contributed by atoms with Gasteiger partial charge in [-0.1, -0.05) is 13.8 Å². The highest BCUT2D eigenvalue weighted by atomic mass is 16.3. The van der Waals surface area contributed by atoms with E-state index in [0.717, 1.165) is 11.2 Å². The van der Waals surface area contributed by atoms with Gasteiger partial charge in [0.25, 0.3) is 0 Å². The highest BCUT2D eigenvalue weighted by Gasteiger charge is 2.29. The molecule has 0 aromatic carbocycles. The highest BCUT2D eigenvalue weighted by Crippen LogP contribution is 2.41. The third-order valence-electron chi connectivity index (χ3n) is 4.21. The molecule has 5 nitrogen and oxygen atoms in total. The first-order valence-electron chi connectivity index (χ1n) is 7.33. The van der Waals surface area contributed by atoms with Crippen molar-refractivity contribution in [3.05, 3.63) is 35.2 Å².